The minimum atomic E-state index is 0.554. The molecule has 2 heterocycles. The Labute approximate surface area is 135 Å². The number of hydrogen-bond acceptors (Lipinski definition) is 6. The highest BCUT2D eigenvalue weighted by atomic mass is 32.2. The summed E-state index contributed by atoms with van der Waals surface area (Å²) in [6.07, 6.45) is 4.22. The molecule has 2 aromatic heterocycles. The molecule has 0 N–H and O–H groups in total. The van der Waals surface area contributed by atoms with Gasteiger partial charge in [-0.3, -0.25) is 9.25 Å². The zero-order valence-corrected chi connectivity index (χ0v) is 14.4. The fourth-order valence-electron chi connectivity index (χ4n) is 2.06. The second-order valence-corrected chi connectivity index (χ2v) is 5.94. The summed E-state index contributed by atoms with van der Waals surface area (Å²) < 4.78 is 14.3. The number of aryl methyl sites for hydroxylation is 1. The molecular formula is C14H23N5O2S. The van der Waals surface area contributed by atoms with Crippen LogP contribution in [0.25, 0.3) is 11.4 Å². The van der Waals surface area contributed by atoms with Gasteiger partial charge in [0.05, 0.1) is 20.3 Å². The Morgan fingerprint density at radius 2 is 2.09 bits per heavy atom. The summed E-state index contributed by atoms with van der Waals surface area (Å²) in [6, 6.07) is 0. The van der Waals surface area contributed by atoms with Crippen LogP contribution in [0.4, 0.5) is 0 Å². The Kier molecular flexibility index (Phi) is 6.26. The normalized spacial score (nSPS) is 11.1. The van der Waals surface area contributed by atoms with E-state index in [4.69, 9.17) is 9.47 Å². The zero-order chi connectivity index (χ0) is 15.9. The van der Waals surface area contributed by atoms with Crippen molar-refractivity contribution < 1.29 is 9.47 Å². The molecule has 0 bridgehead atoms. The van der Waals surface area contributed by atoms with Gasteiger partial charge in [0.2, 0.25) is 5.88 Å². The van der Waals surface area contributed by atoms with Gasteiger partial charge in [0, 0.05) is 26.1 Å². The molecule has 0 saturated heterocycles. The van der Waals surface area contributed by atoms with Crippen molar-refractivity contribution in [2.24, 2.45) is 7.05 Å². The minimum Gasteiger partial charge on any atom is -0.479 e. The predicted octanol–water partition coefficient (Wildman–Crippen LogP) is 2.23. The van der Waals surface area contributed by atoms with E-state index in [0.717, 1.165) is 28.7 Å². The van der Waals surface area contributed by atoms with Crippen LogP contribution in [-0.2, 0) is 18.3 Å². The molecule has 2 aromatic rings. The molecule has 0 aliphatic rings. The summed E-state index contributed by atoms with van der Waals surface area (Å²) in [5, 5.41) is 13.9. The number of methoxy groups -OCH3 is 2. The average molecular weight is 325 g/mol. The van der Waals surface area contributed by atoms with Crippen LogP contribution < -0.4 is 4.74 Å². The summed E-state index contributed by atoms with van der Waals surface area (Å²) >= 11 is 1.72. The van der Waals surface area contributed by atoms with Gasteiger partial charge in [-0.05, 0) is 6.42 Å². The molecule has 0 aliphatic carbocycles. The first-order valence-corrected chi connectivity index (χ1v) is 8.32. The topological polar surface area (TPSA) is 67.0 Å². The summed E-state index contributed by atoms with van der Waals surface area (Å²) in [4.78, 5) is 0. The first kappa shape index (κ1) is 16.8. The Hall–Kier alpha value is -1.54. The number of rotatable bonds is 9. The fourth-order valence-corrected chi connectivity index (χ4v) is 3.11. The lowest BCUT2D eigenvalue weighted by Crippen LogP contribution is -2.08. The van der Waals surface area contributed by atoms with Crippen LogP contribution in [0.3, 0.4) is 0 Å². The molecule has 0 radical (unpaired) electrons. The molecule has 0 saturated carbocycles. The second-order valence-electron chi connectivity index (χ2n) is 4.88. The van der Waals surface area contributed by atoms with Crippen LogP contribution in [-0.4, -0.2) is 51.1 Å². The highest BCUT2D eigenvalue weighted by Gasteiger charge is 2.20. The van der Waals surface area contributed by atoms with Gasteiger partial charge >= 0.3 is 0 Å². The van der Waals surface area contributed by atoms with E-state index < -0.39 is 0 Å². The SMILES string of the molecule is CCCCSc1nnc(-c2cn(C)nc2OC)n1CCOC. The maximum Gasteiger partial charge on any atom is 0.243 e. The van der Waals surface area contributed by atoms with Crippen molar-refractivity contribution in [1.29, 1.82) is 0 Å². The maximum atomic E-state index is 5.34. The first-order chi connectivity index (χ1) is 10.7. The lowest BCUT2D eigenvalue weighted by atomic mass is 10.3. The lowest BCUT2D eigenvalue weighted by Gasteiger charge is -2.09. The molecule has 122 valence electrons. The number of hydrogen-bond donors (Lipinski definition) is 0. The van der Waals surface area contributed by atoms with Crippen molar-refractivity contribution in [1.82, 2.24) is 24.5 Å². The highest BCUT2D eigenvalue weighted by molar-refractivity contribution is 7.99. The van der Waals surface area contributed by atoms with Crippen molar-refractivity contribution in [3.8, 4) is 17.3 Å². The Morgan fingerprint density at radius 1 is 1.27 bits per heavy atom. The van der Waals surface area contributed by atoms with Gasteiger partial charge in [-0.1, -0.05) is 25.1 Å². The maximum absolute atomic E-state index is 5.34. The molecule has 0 atom stereocenters. The van der Waals surface area contributed by atoms with Gasteiger partial charge in [0.25, 0.3) is 0 Å². The number of nitrogens with zero attached hydrogens (tertiary/aromatic N) is 5. The number of thioether (sulfide) groups is 1. The standard InChI is InChI=1S/C14H23N5O2S/c1-5-6-9-22-14-16-15-12(19(14)7-8-20-3)11-10-18(2)17-13(11)21-4/h10H,5-9H2,1-4H3. The molecule has 7 nitrogen and oxygen atoms in total. The van der Waals surface area contributed by atoms with E-state index >= 15 is 0 Å². The molecule has 0 aromatic carbocycles. The third-order valence-electron chi connectivity index (χ3n) is 3.19. The predicted molar refractivity (Wildman–Crippen MR) is 86.3 cm³/mol. The summed E-state index contributed by atoms with van der Waals surface area (Å²) in [5.74, 6) is 2.35. The fraction of sp³-hybridized carbons (Fsp3) is 0.643. The van der Waals surface area contributed by atoms with E-state index in [2.05, 4.69) is 26.8 Å². The summed E-state index contributed by atoms with van der Waals surface area (Å²) in [7, 11) is 5.16. The average Bonchev–Trinajstić information content (AvgIpc) is 3.08. The van der Waals surface area contributed by atoms with E-state index in [0.29, 0.717) is 19.0 Å². The van der Waals surface area contributed by atoms with E-state index in [-0.39, 0.29) is 0 Å². The quantitative estimate of drug-likeness (QED) is 0.520. The van der Waals surface area contributed by atoms with Gasteiger partial charge in [-0.2, -0.15) is 0 Å². The lowest BCUT2D eigenvalue weighted by molar-refractivity contribution is 0.185. The highest BCUT2D eigenvalue weighted by Crippen LogP contribution is 2.30. The van der Waals surface area contributed by atoms with Crippen LogP contribution in [0.5, 0.6) is 5.88 Å². The zero-order valence-electron chi connectivity index (χ0n) is 13.6. The van der Waals surface area contributed by atoms with Gasteiger partial charge < -0.3 is 9.47 Å². The van der Waals surface area contributed by atoms with Crippen LogP contribution in [0, 0.1) is 0 Å². The molecule has 22 heavy (non-hydrogen) atoms. The third kappa shape index (κ3) is 3.80. The van der Waals surface area contributed by atoms with Crippen molar-refractivity contribution in [2.75, 3.05) is 26.6 Å². The molecule has 0 amide bonds. The number of aromatic nitrogens is 5. The van der Waals surface area contributed by atoms with Crippen LogP contribution >= 0.6 is 11.8 Å². The third-order valence-corrected chi connectivity index (χ3v) is 4.25. The second kappa shape index (κ2) is 8.19. The monoisotopic (exact) mass is 325 g/mol. The molecule has 8 heteroatoms. The molecule has 0 fully saturated rings. The van der Waals surface area contributed by atoms with Crippen molar-refractivity contribution in [2.45, 2.75) is 31.5 Å². The van der Waals surface area contributed by atoms with E-state index in [9.17, 15) is 0 Å². The first-order valence-electron chi connectivity index (χ1n) is 7.34. The van der Waals surface area contributed by atoms with Crippen molar-refractivity contribution in [3.63, 3.8) is 0 Å². The molecule has 0 aliphatic heterocycles. The van der Waals surface area contributed by atoms with Gasteiger partial charge in [-0.25, -0.2) is 0 Å². The van der Waals surface area contributed by atoms with Crippen molar-refractivity contribution >= 4 is 11.8 Å². The number of ether oxygens (including phenoxy) is 2. The number of unbranched alkanes of at least 4 members (excludes halogenated alkanes) is 1. The molecular weight excluding hydrogens is 302 g/mol. The van der Waals surface area contributed by atoms with E-state index in [1.807, 2.05) is 13.2 Å². The Bertz CT molecular complexity index is 596. The molecule has 0 spiro atoms. The van der Waals surface area contributed by atoms with Crippen LogP contribution in [0.1, 0.15) is 19.8 Å². The van der Waals surface area contributed by atoms with E-state index in [1.54, 1.807) is 30.7 Å². The Morgan fingerprint density at radius 3 is 2.77 bits per heavy atom. The van der Waals surface area contributed by atoms with Crippen LogP contribution in [0.15, 0.2) is 11.4 Å². The molecule has 0 unspecified atom stereocenters. The largest absolute Gasteiger partial charge is 0.479 e. The van der Waals surface area contributed by atoms with Crippen LogP contribution in [0.2, 0.25) is 0 Å². The van der Waals surface area contributed by atoms with E-state index in [1.165, 1.54) is 6.42 Å². The smallest absolute Gasteiger partial charge is 0.243 e. The molecule has 2 rings (SSSR count). The van der Waals surface area contributed by atoms with Crippen molar-refractivity contribution in [3.05, 3.63) is 6.20 Å². The van der Waals surface area contributed by atoms with Gasteiger partial charge in [0.15, 0.2) is 11.0 Å². The Balaban J connectivity index is 2.32. The van der Waals surface area contributed by atoms with Gasteiger partial charge in [-0.15, -0.1) is 15.3 Å². The van der Waals surface area contributed by atoms with Gasteiger partial charge in [0.1, 0.15) is 5.56 Å². The minimum absolute atomic E-state index is 0.554. The summed E-state index contributed by atoms with van der Waals surface area (Å²) in [6.45, 7) is 3.49. The summed E-state index contributed by atoms with van der Waals surface area (Å²) in [5.41, 5.74) is 0.843.